The van der Waals surface area contributed by atoms with Crippen molar-refractivity contribution in [1.82, 2.24) is 24.3 Å². The van der Waals surface area contributed by atoms with E-state index in [-0.39, 0.29) is 30.1 Å². The number of amides is 1. The molecule has 0 radical (unpaired) electrons. The number of nitrogens with zero attached hydrogens (tertiary/aromatic N) is 5. The van der Waals surface area contributed by atoms with Gasteiger partial charge in [-0.25, -0.2) is 13.8 Å². The number of likely N-dealkylation sites (N-methyl/N-ethyl adjacent to an activating group) is 1. The Morgan fingerprint density at radius 1 is 0.904 bits per heavy atom. The highest BCUT2D eigenvalue weighted by Gasteiger charge is 2.30. The molecular formula is C40H43F2N5O5. The van der Waals surface area contributed by atoms with Crippen molar-refractivity contribution < 1.29 is 32.6 Å². The summed E-state index contributed by atoms with van der Waals surface area (Å²) in [7, 11) is 6.13. The third-order valence-corrected chi connectivity index (χ3v) is 9.84. The van der Waals surface area contributed by atoms with Crippen LogP contribution in [0.1, 0.15) is 57.4 Å². The van der Waals surface area contributed by atoms with E-state index < -0.39 is 11.6 Å². The Bertz CT molecular complexity index is 2010. The van der Waals surface area contributed by atoms with E-state index in [2.05, 4.69) is 9.88 Å². The number of benzene rings is 3. The summed E-state index contributed by atoms with van der Waals surface area (Å²) in [6.07, 6.45) is 3.66. The third-order valence-electron chi connectivity index (χ3n) is 9.84. The van der Waals surface area contributed by atoms with E-state index in [0.717, 1.165) is 22.8 Å². The number of Topliss-reactive ketones (excluding diaryl/α,β-unsaturated/α-hetero) is 1. The van der Waals surface area contributed by atoms with Crippen molar-refractivity contribution >= 4 is 22.7 Å². The van der Waals surface area contributed by atoms with Gasteiger partial charge in [0.25, 0.3) is 5.91 Å². The first-order valence-corrected chi connectivity index (χ1v) is 17.3. The first kappa shape index (κ1) is 36.4. The van der Waals surface area contributed by atoms with Gasteiger partial charge in [0.2, 0.25) is 11.5 Å². The molecule has 1 amide bonds. The number of likely N-dealkylation sites (tertiary alicyclic amines) is 1. The fourth-order valence-corrected chi connectivity index (χ4v) is 6.99. The van der Waals surface area contributed by atoms with E-state index in [1.807, 2.05) is 47.0 Å². The highest BCUT2D eigenvalue weighted by molar-refractivity contribution is 5.98. The molecular weight excluding hydrogens is 668 g/mol. The molecule has 1 unspecified atom stereocenters. The number of carbonyl (C=O) groups is 2. The Morgan fingerprint density at radius 3 is 2.27 bits per heavy atom. The van der Waals surface area contributed by atoms with Crippen LogP contribution in [-0.4, -0.2) is 90.6 Å². The number of aromatic nitrogens is 3. The normalized spacial score (nSPS) is 14.3. The number of rotatable bonds is 14. The number of ketones is 1. The summed E-state index contributed by atoms with van der Waals surface area (Å²) in [5, 5.41) is 0. The number of imidazole rings is 1. The van der Waals surface area contributed by atoms with Gasteiger partial charge >= 0.3 is 0 Å². The number of pyridine rings is 1. The van der Waals surface area contributed by atoms with Crippen LogP contribution in [0, 0.1) is 17.6 Å². The lowest BCUT2D eigenvalue weighted by Gasteiger charge is -2.33. The lowest BCUT2D eigenvalue weighted by atomic mass is 9.90. The van der Waals surface area contributed by atoms with E-state index >= 15 is 0 Å². The van der Waals surface area contributed by atoms with E-state index in [1.165, 1.54) is 27.4 Å². The predicted octanol–water partition coefficient (Wildman–Crippen LogP) is 6.62. The van der Waals surface area contributed by atoms with Crippen molar-refractivity contribution in [2.75, 3.05) is 54.6 Å². The van der Waals surface area contributed by atoms with Crippen LogP contribution in [0.25, 0.3) is 11.0 Å². The largest absolute Gasteiger partial charge is 0.493 e. The highest BCUT2D eigenvalue weighted by Crippen LogP contribution is 2.38. The van der Waals surface area contributed by atoms with Gasteiger partial charge in [-0.2, -0.15) is 0 Å². The molecule has 12 heteroatoms. The topological polar surface area (TPSA) is 99.0 Å². The van der Waals surface area contributed by atoms with Crippen molar-refractivity contribution in [2.24, 2.45) is 5.92 Å². The maximum atomic E-state index is 14.5. The Morgan fingerprint density at radius 2 is 1.62 bits per heavy atom. The second kappa shape index (κ2) is 16.3. The number of hydrogen-bond donors (Lipinski definition) is 0. The zero-order valence-electron chi connectivity index (χ0n) is 29.9. The number of fused-ring (bicyclic) bond motifs is 1. The van der Waals surface area contributed by atoms with Gasteiger partial charge in [0.05, 0.1) is 44.6 Å². The van der Waals surface area contributed by atoms with E-state index in [9.17, 15) is 18.4 Å². The molecule has 2 aromatic heterocycles. The molecule has 1 aliphatic heterocycles. The fraction of sp³-hybridized carbons (Fsp3) is 0.350. The minimum atomic E-state index is -0.936. The Balaban J connectivity index is 1.13. The molecule has 272 valence electrons. The zero-order chi connectivity index (χ0) is 36.8. The van der Waals surface area contributed by atoms with Gasteiger partial charge in [-0.15, -0.1) is 0 Å². The van der Waals surface area contributed by atoms with Gasteiger partial charge in [0.1, 0.15) is 0 Å². The number of hydrogen-bond acceptors (Lipinski definition) is 8. The molecule has 1 atom stereocenters. The van der Waals surface area contributed by atoms with Crippen molar-refractivity contribution in [2.45, 2.75) is 31.7 Å². The lowest BCUT2D eigenvalue weighted by Crippen LogP contribution is -2.39. The standard InChI is InChI=1S/C40H43F2N5O5/c1-45(40(49)29-22-35(50-2)38(52-4)36(23-29)51-3)24-28(27-12-13-31(41)32(42)21-27)16-20-46-18-14-26(15-19-46)37(48)39-44-33-10-5-6-11-34(33)47(39)25-30-9-7-8-17-43-30/h5-13,17,21-23,26,28H,14-16,18-20,24-25H2,1-4H3. The molecule has 0 spiro atoms. The Labute approximate surface area is 301 Å². The number of ether oxygens (including phenoxy) is 3. The second-order valence-electron chi connectivity index (χ2n) is 13.1. The fourth-order valence-electron chi connectivity index (χ4n) is 6.99. The van der Waals surface area contributed by atoms with Crippen LogP contribution in [-0.2, 0) is 6.54 Å². The van der Waals surface area contributed by atoms with Crippen LogP contribution in [0.5, 0.6) is 17.2 Å². The molecule has 3 heterocycles. The molecule has 10 nitrogen and oxygen atoms in total. The Hall–Kier alpha value is -5.36. The minimum absolute atomic E-state index is 0.0263. The molecule has 0 N–H and O–H groups in total. The summed E-state index contributed by atoms with van der Waals surface area (Å²) in [4.78, 5) is 40.7. The summed E-state index contributed by atoms with van der Waals surface area (Å²) in [5.41, 5.74) is 3.45. The average Bonchev–Trinajstić information content (AvgIpc) is 3.54. The number of methoxy groups -OCH3 is 3. The van der Waals surface area contributed by atoms with Crippen molar-refractivity contribution in [1.29, 1.82) is 0 Å². The molecule has 0 saturated carbocycles. The monoisotopic (exact) mass is 711 g/mol. The first-order valence-electron chi connectivity index (χ1n) is 17.3. The van der Waals surface area contributed by atoms with Crippen LogP contribution in [0.2, 0.25) is 0 Å². The van der Waals surface area contributed by atoms with Crippen LogP contribution in [0.15, 0.2) is 79.0 Å². The molecule has 0 aliphatic carbocycles. The summed E-state index contributed by atoms with van der Waals surface area (Å²) in [6, 6.07) is 20.6. The van der Waals surface area contributed by atoms with Crippen LogP contribution < -0.4 is 14.2 Å². The quantitative estimate of drug-likeness (QED) is 0.119. The van der Waals surface area contributed by atoms with Crippen molar-refractivity contribution in [3.05, 3.63) is 113 Å². The molecule has 52 heavy (non-hydrogen) atoms. The second-order valence-corrected chi connectivity index (χ2v) is 13.1. The van der Waals surface area contributed by atoms with Gasteiger partial charge in [-0.05, 0) is 93.0 Å². The number of halogens is 2. The summed E-state index contributed by atoms with van der Waals surface area (Å²) in [5.74, 6) is -1.08. The van der Waals surface area contributed by atoms with Crippen LogP contribution >= 0.6 is 0 Å². The number of carbonyl (C=O) groups excluding carboxylic acids is 2. The Kier molecular flexibility index (Phi) is 11.4. The molecule has 1 aliphatic rings. The molecule has 3 aromatic carbocycles. The van der Waals surface area contributed by atoms with E-state index in [4.69, 9.17) is 19.2 Å². The average molecular weight is 712 g/mol. The predicted molar refractivity (Wildman–Crippen MR) is 193 cm³/mol. The molecule has 1 saturated heterocycles. The lowest BCUT2D eigenvalue weighted by molar-refractivity contribution is 0.0778. The summed E-state index contributed by atoms with van der Waals surface area (Å²) >= 11 is 0. The van der Waals surface area contributed by atoms with E-state index in [0.29, 0.717) is 79.6 Å². The molecule has 6 rings (SSSR count). The SMILES string of the molecule is COc1cc(C(=O)N(C)CC(CCN2CCC(C(=O)c3nc4ccccc4n3Cc3ccccn3)CC2)c2ccc(F)c(F)c2)cc(OC)c1OC. The van der Waals surface area contributed by atoms with Gasteiger partial charge in [0, 0.05) is 37.2 Å². The maximum absolute atomic E-state index is 14.5. The van der Waals surface area contributed by atoms with Gasteiger partial charge < -0.3 is 28.6 Å². The van der Waals surface area contributed by atoms with Crippen molar-refractivity contribution in [3.63, 3.8) is 0 Å². The van der Waals surface area contributed by atoms with Crippen LogP contribution in [0.4, 0.5) is 8.78 Å². The van der Waals surface area contributed by atoms with Gasteiger partial charge in [-0.1, -0.05) is 24.3 Å². The van der Waals surface area contributed by atoms with Gasteiger partial charge in [0.15, 0.2) is 29.0 Å². The third kappa shape index (κ3) is 7.91. The highest BCUT2D eigenvalue weighted by atomic mass is 19.2. The summed E-state index contributed by atoms with van der Waals surface area (Å²) in [6.45, 7) is 2.74. The molecule has 0 bridgehead atoms. The summed E-state index contributed by atoms with van der Waals surface area (Å²) < 4.78 is 46.7. The number of piperidine rings is 1. The van der Waals surface area contributed by atoms with Crippen molar-refractivity contribution in [3.8, 4) is 17.2 Å². The maximum Gasteiger partial charge on any atom is 0.253 e. The minimum Gasteiger partial charge on any atom is -0.493 e. The number of para-hydroxylation sites is 2. The van der Waals surface area contributed by atoms with Crippen LogP contribution in [0.3, 0.4) is 0 Å². The van der Waals surface area contributed by atoms with Gasteiger partial charge in [-0.3, -0.25) is 14.6 Å². The first-order chi connectivity index (χ1) is 25.2. The smallest absolute Gasteiger partial charge is 0.253 e. The molecule has 5 aromatic rings. The van der Waals surface area contributed by atoms with E-state index in [1.54, 1.807) is 36.3 Å². The molecule has 1 fully saturated rings. The zero-order valence-corrected chi connectivity index (χ0v) is 29.9.